The third-order valence-corrected chi connectivity index (χ3v) is 4.98. The van der Waals surface area contributed by atoms with Crippen LogP contribution in [0.25, 0.3) is 0 Å². The number of halogens is 1. The van der Waals surface area contributed by atoms with Crippen molar-refractivity contribution in [3.05, 3.63) is 86.7 Å². The number of rotatable bonds is 8. The Hall–Kier alpha value is -3.19. The van der Waals surface area contributed by atoms with E-state index in [2.05, 4.69) is 20.6 Å². The average molecular weight is 426 g/mol. The molecule has 1 amide bonds. The maximum Gasteiger partial charge on any atom is 0.293 e. The zero-order chi connectivity index (χ0) is 21.5. The zero-order valence-electron chi connectivity index (χ0n) is 17.0. The molecule has 0 spiro atoms. The van der Waals surface area contributed by atoms with Crippen LogP contribution in [0.15, 0.2) is 53.6 Å². The molecule has 2 aromatic heterocycles. The monoisotopic (exact) mass is 425 g/mol. The van der Waals surface area contributed by atoms with Gasteiger partial charge in [0.15, 0.2) is 5.82 Å². The first kappa shape index (κ1) is 21.5. The third-order valence-electron chi connectivity index (χ3n) is 4.74. The summed E-state index contributed by atoms with van der Waals surface area (Å²) in [5.74, 6) is -0.0415. The number of carbonyl (C=O) groups excluding carboxylic acids is 1. The predicted molar refractivity (Wildman–Crippen MR) is 118 cm³/mol. The van der Waals surface area contributed by atoms with Gasteiger partial charge in [-0.05, 0) is 49.2 Å². The molecule has 156 valence electrons. The van der Waals surface area contributed by atoms with E-state index in [1.165, 1.54) is 4.57 Å². The summed E-state index contributed by atoms with van der Waals surface area (Å²) in [7, 11) is 0. The average Bonchev–Trinajstić information content (AvgIpc) is 2.74. The predicted octanol–water partition coefficient (Wildman–Crippen LogP) is 2.88. The Morgan fingerprint density at radius 3 is 2.77 bits per heavy atom. The molecular formula is C22H24ClN5O2. The smallest absolute Gasteiger partial charge is 0.293 e. The highest BCUT2D eigenvalue weighted by Crippen LogP contribution is 2.15. The van der Waals surface area contributed by atoms with Crippen molar-refractivity contribution in [2.75, 3.05) is 11.9 Å². The summed E-state index contributed by atoms with van der Waals surface area (Å²) >= 11 is 6.03. The van der Waals surface area contributed by atoms with E-state index in [4.69, 9.17) is 11.6 Å². The highest BCUT2D eigenvalue weighted by atomic mass is 35.5. The maximum atomic E-state index is 12.8. The first-order valence-corrected chi connectivity index (χ1v) is 10.0. The lowest BCUT2D eigenvalue weighted by Gasteiger charge is -2.13. The molecule has 0 saturated carbocycles. The molecule has 2 heterocycles. The van der Waals surface area contributed by atoms with Crippen molar-refractivity contribution < 1.29 is 4.79 Å². The number of carbonyl (C=O) groups is 1. The number of benzene rings is 1. The van der Waals surface area contributed by atoms with E-state index < -0.39 is 0 Å². The zero-order valence-corrected chi connectivity index (χ0v) is 17.7. The van der Waals surface area contributed by atoms with E-state index in [-0.39, 0.29) is 23.8 Å². The lowest BCUT2D eigenvalue weighted by Crippen LogP contribution is -2.34. The number of nitrogens with one attached hydrogen (secondary N) is 2. The van der Waals surface area contributed by atoms with Crippen LogP contribution in [0.4, 0.5) is 5.82 Å². The highest BCUT2D eigenvalue weighted by molar-refractivity contribution is 6.30. The van der Waals surface area contributed by atoms with Gasteiger partial charge in [0.25, 0.3) is 5.56 Å². The van der Waals surface area contributed by atoms with Gasteiger partial charge in [0.05, 0.1) is 0 Å². The first-order chi connectivity index (χ1) is 14.4. The second-order valence-electron chi connectivity index (χ2n) is 6.98. The molecule has 7 nitrogen and oxygen atoms in total. The number of hydrogen-bond acceptors (Lipinski definition) is 5. The van der Waals surface area contributed by atoms with Crippen molar-refractivity contribution >= 4 is 23.3 Å². The summed E-state index contributed by atoms with van der Waals surface area (Å²) in [6.45, 7) is 4.49. The van der Waals surface area contributed by atoms with Crippen LogP contribution in [0.2, 0.25) is 5.02 Å². The normalized spacial score (nSPS) is 10.6. The van der Waals surface area contributed by atoms with Crippen LogP contribution in [0, 0.1) is 13.8 Å². The number of amides is 1. The summed E-state index contributed by atoms with van der Waals surface area (Å²) in [6, 6.07) is 11.2. The molecule has 0 radical (unpaired) electrons. The van der Waals surface area contributed by atoms with Gasteiger partial charge in [-0.1, -0.05) is 23.7 Å². The number of pyridine rings is 1. The molecule has 0 bridgehead atoms. The summed E-state index contributed by atoms with van der Waals surface area (Å²) in [5, 5.41) is 6.51. The van der Waals surface area contributed by atoms with E-state index >= 15 is 0 Å². The number of aryl methyl sites for hydroxylation is 2. The lowest BCUT2D eigenvalue weighted by atomic mass is 10.1. The SMILES string of the molecule is Cc1ccc(Cl)cc1CNC(=O)Cn1c(C)cnc(NCCc2ccccn2)c1=O. The van der Waals surface area contributed by atoms with Crippen LogP contribution >= 0.6 is 11.6 Å². The molecule has 3 aromatic rings. The number of nitrogens with zero attached hydrogens (tertiary/aromatic N) is 3. The van der Waals surface area contributed by atoms with E-state index in [9.17, 15) is 9.59 Å². The van der Waals surface area contributed by atoms with Gasteiger partial charge >= 0.3 is 0 Å². The Kier molecular flexibility index (Phi) is 7.19. The van der Waals surface area contributed by atoms with E-state index in [1.54, 1.807) is 19.3 Å². The van der Waals surface area contributed by atoms with E-state index in [0.29, 0.717) is 30.2 Å². The van der Waals surface area contributed by atoms with Gasteiger partial charge in [0.2, 0.25) is 5.91 Å². The van der Waals surface area contributed by atoms with Crippen LogP contribution in [0.5, 0.6) is 0 Å². The lowest BCUT2D eigenvalue weighted by molar-refractivity contribution is -0.121. The molecule has 0 fully saturated rings. The Balaban J connectivity index is 1.62. The molecule has 2 N–H and O–H groups in total. The summed E-state index contributed by atoms with van der Waals surface area (Å²) in [6.07, 6.45) is 3.98. The molecule has 30 heavy (non-hydrogen) atoms. The van der Waals surface area contributed by atoms with Crippen molar-refractivity contribution in [1.29, 1.82) is 0 Å². The summed E-state index contributed by atoms with van der Waals surface area (Å²) < 4.78 is 1.41. The topological polar surface area (TPSA) is 88.9 Å². The number of hydrogen-bond donors (Lipinski definition) is 2. The summed E-state index contributed by atoms with van der Waals surface area (Å²) in [5.41, 5.74) is 3.19. The molecule has 8 heteroatoms. The highest BCUT2D eigenvalue weighted by Gasteiger charge is 2.12. The van der Waals surface area contributed by atoms with Crippen LogP contribution in [0.1, 0.15) is 22.5 Å². The second kappa shape index (κ2) is 10.0. The molecule has 0 aliphatic rings. The first-order valence-electron chi connectivity index (χ1n) is 9.66. The van der Waals surface area contributed by atoms with Crippen LogP contribution in [-0.4, -0.2) is 27.0 Å². The van der Waals surface area contributed by atoms with Crippen molar-refractivity contribution in [3.8, 4) is 0 Å². The van der Waals surface area contributed by atoms with Crippen LogP contribution in [-0.2, 0) is 24.3 Å². The molecular weight excluding hydrogens is 402 g/mol. The Bertz CT molecular complexity index is 1080. The van der Waals surface area contributed by atoms with Crippen molar-refractivity contribution in [1.82, 2.24) is 19.9 Å². The fourth-order valence-corrected chi connectivity index (χ4v) is 3.16. The fourth-order valence-electron chi connectivity index (χ4n) is 2.97. The number of anilines is 1. The van der Waals surface area contributed by atoms with Gasteiger partial charge < -0.3 is 10.6 Å². The minimum atomic E-state index is -0.329. The van der Waals surface area contributed by atoms with Crippen molar-refractivity contribution in [2.24, 2.45) is 0 Å². The van der Waals surface area contributed by atoms with Gasteiger partial charge in [0, 0.05) is 48.3 Å². The van der Waals surface area contributed by atoms with Gasteiger partial charge in [0.1, 0.15) is 6.54 Å². The molecule has 0 aliphatic carbocycles. The standard InChI is InChI=1S/C22H24ClN5O2/c1-15-6-7-18(23)11-17(15)13-26-20(29)14-28-16(2)12-27-21(22(28)30)25-10-8-19-5-3-4-9-24-19/h3-7,9,11-12H,8,10,13-14H2,1-2H3,(H,25,27)(H,26,29). The Morgan fingerprint density at radius 2 is 2.00 bits per heavy atom. The largest absolute Gasteiger partial charge is 0.365 e. The maximum absolute atomic E-state index is 12.8. The van der Waals surface area contributed by atoms with Crippen molar-refractivity contribution in [2.45, 2.75) is 33.4 Å². The molecule has 0 aliphatic heterocycles. The van der Waals surface area contributed by atoms with Crippen molar-refractivity contribution in [3.63, 3.8) is 0 Å². The quantitative estimate of drug-likeness (QED) is 0.579. The third kappa shape index (κ3) is 5.67. The Labute approximate surface area is 180 Å². The van der Waals surface area contributed by atoms with E-state index in [0.717, 1.165) is 16.8 Å². The van der Waals surface area contributed by atoms with Gasteiger partial charge in [-0.2, -0.15) is 0 Å². The summed E-state index contributed by atoms with van der Waals surface area (Å²) in [4.78, 5) is 33.6. The molecule has 0 atom stereocenters. The van der Waals surface area contributed by atoms with E-state index in [1.807, 2.05) is 43.3 Å². The number of aromatic nitrogens is 3. The molecule has 0 unspecified atom stereocenters. The van der Waals surface area contributed by atoms with Gasteiger partial charge in [-0.15, -0.1) is 0 Å². The molecule has 3 rings (SSSR count). The van der Waals surface area contributed by atoms with Crippen LogP contribution in [0.3, 0.4) is 0 Å². The Morgan fingerprint density at radius 1 is 1.17 bits per heavy atom. The molecule has 0 saturated heterocycles. The second-order valence-corrected chi connectivity index (χ2v) is 7.42. The minimum absolute atomic E-state index is 0.0816. The molecule has 1 aromatic carbocycles. The van der Waals surface area contributed by atoms with Gasteiger partial charge in [-0.3, -0.25) is 19.1 Å². The van der Waals surface area contributed by atoms with Gasteiger partial charge in [-0.25, -0.2) is 4.98 Å². The fraction of sp³-hybridized carbons (Fsp3) is 0.273. The minimum Gasteiger partial charge on any atom is -0.365 e. The van der Waals surface area contributed by atoms with Crippen LogP contribution < -0.4 is 16.2 Å².